The van der Waals surface area contributed by atoms with E-state index in [1.54, 1.807) is 0 Å². The fourth-order valence-corrected chi connectivity index (χ4v) is 1.78. The predicted octanol–water partition coefficient (Wildman–Crippen LogP) is 0.232. The normalized spacial score (nSPS) is 27.9. The standard InChI is InChI=1S/C10H20N2O2/c1-4-14-10(13)6-11-9-5-8(2)12(3)7-9/h8-9,11H,4-7H2,1-3H3. The van der Waals surface area contributed by atoms with Gasteiger partial charge in [-0.3, -0.25) is 4.79 Å². The Morgan fingerprint density at radius 3 is 2.86 bits per heavy atom. The van der Waals surface area contributed by atoms with Gasteiger partial charge in [-0.2, -0.15) is 0 Å². The van der Waals surface area contributed by atoms with E-state index in [0.29, 0.717) is 25.2 Å². The Labute approximate surface area is 85.6 Å². The lowest BCUT2D eigenvalue weighted by Gasteiger charge is -2.12. The molecular formula is C10H20N2O2. The van der Waals surface area contributed by atoms with E-state index in [4.69, 9.17) is 4.74 Å². The van der Waals surface area contributed by atoms with E-state index in [1.807, 2.05) is 6.92 Å². The molecule has 2 atom stereocenters. The molecule has 0 bridgehead atoms. The molecule has 1 rings (SSSR count). The lowest BCUT2D eigenvalue weighted by Crippen LogP contribution is -2.36. The highest BCUT2D eigenvalue weighted by molar-refractivity contribution is 5.71. The van der Waals surface area contributed by atoms with Gasteiger partial charge in [-0.15, -0.1) is 0 Å². The molecule has 1 N–H and O–H groups in total. The summed E-state index contributed by atoms with van der Waals surface area (Å²) < 4.78 is 4.84. The van der Waals surface area contributed by atoms with Crippen LogP contribution in [0.5, 0.6) is 0 Å². The van der Waals surface area contributed by atoms with Crippen molar-refractivity contribution >= 4 is 5.97 Å². The largest absolute Gasteiger partial charge is 0.465 e. The van der Waals surface area contributed by atoms with Gasteiger partial charge in [-0.25, -0.2) is 0 Å². The second-order valence-corrected chi connectivity index (χ2v) is 3.91. The van der Waals surface area contributed by atoms with E-state index < -0.39 is 0 Å². The molecular weight excluding hydrogens is 180 g/mol. The minimum Gasteiger partial charge on any atom is -0.465 e. The zero-order chi connectivity index (χ0) is 10.6. The third-order valence-electron chi connectivity index (χ3n) is 2.73. The number of hydrogen-bond acceptors (Lipinski definition) is 4. The van der Waals surface area contributed by atoms with E-state index in [0.717, 1.165) is 13.0 Å². The smallest absolute Gasteiger partial charge is 0.319 e. The van der Waals surface area contributed by atoms with Crippen molar-refractivity contribution in [2.45, 2.75) is 32.4 Å². The topological polar surface area (TPSA) is 41.6 Å². The highest BCUT2D eigenvalue weighted by Gasteiger charge is 2.25. The highest BCUT2D eigenvalue weighted by Crippen LogP contribution is 2.14. The molecule has 2 unspecified atom stereocenters. The second kappa shape index (κ2) is 5.32. The van der Waals surface area contributed by atoms with E-state index >= 15 is 0 Å². The molecule has 0 aromatic heterocycles. The van der Waals surface area contributed by atoms with Crippen LogP contribution in [-0.4, -0.2) is 49.7 Å². The maximum Gasteiger partial charge on any atom is 0.319 e. The number of nitrogens with one attached hydrogen (secondary N) is 1. The Balaban J connectivity index is 2.17. The van der Waals surface area contributed by atoms with E-state index in [-0.39, 0.29) is 5.97 Å². The zero-order valence-corrected chi connectivity index (χ0v) is 9.25. The predicted molar refractivity (Wildman–Crippen MR) is 55.1 cm³/mol. The monoisotopic (exact) mass is 200 g/mol. The van der Waals surface area contributed by atoms with Crippen LogP contribution < -0.4 is 5.32 Å². The Morgan fingerprint density at radius 2 is 2.36 bits per heavy atom. The lowest BCUT2D eigenvalue weighted by molar-refractivity contribution is -0.142. The minimum absolute atomic E-state index is 0.158. The molecule has 1 aliphatic rings. The quantitative estimate of drug-likeness (QED) is 0.660. The minimum atomic E-state index is -0.158. The van der Waals surface area contributed by atoms with Gasteiger partial charge in [-0.1, -0.05) is 0 Å². The molecule has 0 spiro atoms. The third-order valence-corrected chi connectivity index (χ3v) is 2.73. The summed E-state index contributed by atoms with van der Waals surface area (Å²) in [5.41, 5.74) is 0. The fraction of sp³-hybridized carbons (Fsp3) is 0.900. The van der Waals surface area contributed by atoms with Crippen LogP contribution in [0.3, 0.4) is 0 Å². The van der Waals surface area contributed by atoms with Crippen LogP contribution in [-0.2, 0) is 9.53 Å². The van der Waals surface area contributed by atoms with Gasteiger partial charge in [0, 0.05) is 18.6 Å². The average molecular weight is 200 g/mol. The van der Waals surface area contributed by atoms with Crippen LogP contribution in [0.1, 0.15) is 20.3 Å². The van der Waals surface area contributed by atoms with E-state index in [2.05, 4.69) is 24.2 Å². The van der Waals surface area contributed by atoms with Gasteiger partial charge >= 0.3 is 5.97 Å². The van der Waals surface area contributed by atoms with Crippen molar-refractivity contribution in [3.8, 4) is 0 Å². The Bertz CT molecular complexity index is 187. The first-order valence-corrected chi connectivity index (χ1v) is 5.22. The number of carbonyl (C=O) groups is 1. The molecule has 4 heteroatoms. The van der Waals surface area contributed by atoms with Gasteiger partial charge in [0.1, 0.15) is 0 Å². The molecule has 82 valence electrons. The fourth-order valence-electron chi connectivity index (χ4n) is 1.78. The maximum atomic E-state index is 11.1. The average Bonchev–Trinajstić information content (AvgIpc) is 2.44. The molecule has 1 aliphatic heterocycles. The summed E-state index contributed by atoms with van der Waals surface area (Å²) >= 11 is 0. The van der Waals surface area contributed by atoms with Crippen molar-refractivity contribution in [1.82, 2.24) is 10.2 Å². The first kappa shape index (κ1) is 11.5. The summed E-state index contributed by atoms with van der Waals surface area (Å²) in [6.45, 7) is 5.83. The van der Waals surface area contributed by atoms with Gasteiger partial charge in [-0.05, 0) is 27.3 Å². The number of likely N-dealkylation sites (N-methyl/N-ethyl adjacent to an activating group) is 1. The summed E-state index contributed by atoms with van der Waals surface area (Å²) in [4.78, 5) is 13.4. The number of carbonyl (C=O) groups excluding carboxylic acids is 1. The summed E-state index contributed by atoms with van der Waals surface area (Å²) in [6, 6.07) is 1.04. The Morgan fingerprint density at radius 1 is 1.64 bits per heavy atom. The third kappa shape index (κ3) is 3.27. The van der Waals surface area contributed by atoms with Crippen molar-refractivity contribution in [2.75, 3.05) is 26.7 Å². The van der Waals surface area contributed by atoms with Crippen molar-refractivity contribution in [3.05, 3.63) is 0 Å². The highest BCUT2D eigenvalue weighted by atomic mass is 16.5. The summed E-state index contributed by atoms with van der Waals surface area (Å²) in [5.74, 6) is -0.158. The van der Waals surface area contributed by atoms with Crippen molar-refractivity contribution in [1.29, 1.82) is 0 Å². The van der Waals surface area contributed by atoms with Crippen LogP contribution in [0.4, 0.5) is 0 Å². The number of rotatable bonds is 4. The van der Waals surface area contributed by atoms with Crippen LogP contribution in [0.25, 0.3) is 0 Å². The number of nitrogens with zero attached hydrogens (tertiary/aromatic N) is 1. The van der Waals surface area contributed by atoms with Gasteiger partial charge < -0.3 is 15.0 Å². The second-order valence-electron chi connectivity index (χ2n) is 3.91. The van der Waals surface area contributed by atoms with Crippen LogP contribution >= 0.6 is 0 Å². The van der Waals surface area contributed by atoms with Crippen molar-refractivity contribution in [2.24, 2.45) is 0 Å². The number of likely N-dealkylation sites (tertiary alicyclic amines) is 1. The molecule has 14 heavy (non-hydrogen) atoms. The van der Waals surface area contributed by atoms with Crippen molar-refractivity contribution < 1.29 is 9.53 Å². The van der Waals surface area contributed by atoms with Gasteiger partial charge in [0.15, 0.2) is 0 Å². The summed E-state index contributed by atoms with van der Waals surface area (Å²) in [6.07, 6.45) is 1.11. The molecule has 0 aliphatic carbocycles. The van der Waals surface area contributed by atoms with E-state index in [1.165, 1.54) is 0 Å². The summed E-state index contributed by atoms with van der Waals surface area (Å²) in [7, 11) is 2.11. The van der Waals surface area contributed by atoms with Crippen molar-refractivity contribution in [3.63, 3.8) is 0 Å². The van der Waals surface area contributed by atoms with Crippen LogP contribution in [0.15, 0.2) is 0 Å². The molecule has 0 aromatic rings. The Kier molecular flexibility index (Phi) is 4.35. The maximum absolute atomic E-state index is 11.1. The Hall–Kier alpha value is -0.610. The van der Waals surface area contributed by atoms with Gasteiger partial charge in [0.05, 0.1) is 13.2 Å². The molecule has 1 heterocycles. The number of esters is 1. The molecule has 0 amide bonds. The number of hydrogen-bond donors (Lipinski definition) is 1. The van der Waals surface area contributed by atoms with E-state index in [9.17, 15) is 4.79 Å². The molecule has 4 nitrogen and oxygen atoms in total. The van der Waals surface area contributed by atoms with Gasteiger partial charge in [0.25, 0.3) is 0 Å². The lowest BCUT2D eigenvalue weighted by atomic mass is 10.2. The SMILES string of the molecule is CCOC(=O)CNC1CC(C)N(C)C1. The first-order chi connectivity index (χ1) is 6.63. The first-order valence-electron chi connectivity index (χ1n) is 5.22. The zero-order valence-electron chi connectivity index (χ0n) is 9.25. The summed E-state index contributed by atoms with van der Waals surface area (Å²) in [5, 5.41) is 3.21. The molecule has 0 radical (unpaired) electrons. The van der Waals surface area contributed by atoms with Crippen LogP contribution in [0.2, 0.25) is 0 Å². The molecule has 1 saturated heterocycles. The molecule has 0 aromatic carbocycles. The molecule has 0 saturated carbocycles. The van der Waals surface area contributed by atoms with Crippen LogP contribution in [0, 0.1) is 0 Å². The van der Waals surface area contributed by atoms with Gasteiger partial charge in [0.2, 0.25) is 0 Å². The molecule has 1 fully saturated rings. The number of ether oxygens (including phenoxy) is 1.